The Morgan fingerprint density at radius 3 is 2.68 bits per heavy atom. The molecule has 0 saturated carbocycles. The van der Waals surface area contributed by atoms with Gasteiger partial charge in [0, 0.05) is 35.4 Å². The maximum Gasteiger partial charge on any atom is 0.341 e. The molecule has 0 radical (unpaired) electrons. The van der Waals surface area contributed by atoms with E-state index in [9.17, 15) is 14.4 Å². The highest BCUT2D eigenvalue weighted by Gasteiger charge is 2.29. The number of thioether (sulfide) groups is 1. The summed E-state index contributed by atoms with van der Waals surface area (Å²) < 4.78 is 4.93. The molecular formula is C20H22N2O4S2. The highest BCUT2D eigenvalue weighted by atomic mass is 32.2. The van der Waals surface area contributed by atoms with E-state index in [0.717, 1.165) is 15.3 Å². The molecule has 2 amide bonds. The first-order chi connectivity index (χ1) is 13.5. The van der Waals surface area contributed by atoms with Crippen LogP contribution in [0.2, 0.25) is 0 Å². The third kappa shape index (κ3) is 4.74. The van der Waals surface area contributed by atoms with Crippen LogP contribution in [0.1, 0.15) is 34.1 Å². The molecule has 1 aromatic carbocycles. The summed E-state index contributed by atoms with van der Waals surface area (Å²) in [5.74, 6) is 0.0487. The fraction of sp³-hybridized carbons (Fsp3) is 0.350. The Morgan fingerprint density at radius 1 is 1.25 bits per heavy atom. The molecule has 1 N–H and O–H groups in total. The Labute approximate surface area is 172 Å². The number of carbonyl (C=O) groups excluding carboxylic acids is 3. The van der Waals surface area contributed by atoms with Crippen LogP contribution < -0.4 is 5.32 Å². The number of methoxy groups -OCH3 is 1. The van der Waals surface area contributed by atoms with Gasteiger partial charge in [-0.25, -0.2) is 4.79 Å². The van der Waals surface area contributed by atoms with Crippen LogP contribution in [-0.4, -0.2) is 42.1 Å². The van der Waals surface area contributed by atoms with Gasteiger partial charge in [0.2, 0.25) is 11.8 Å². The highest BCUT2D eigenvalue weighted by molar-refractivity contribution is 7.99. The van der Waals surface area contributed by atoms with Crippen LogP contribution in [0.5, 0.6) is 0 Å². The van der Waals surface area contributed by atoms with Crippen LogP contribution in [0, 0.1) is 0 Å². The van der Waals surface area contributed by atoms with Gasteiger partial charge in [-0.2, -0.15) is 0 Å². The first-order valence-corrected chi connectivity index (χ1v) is 10.8. The van der Waals surface area contributed by atoms with Crippen LogP contribution >= 0.6 is 23.1 Å². The molecule has 0 unspecified atom stereocenters. The number of fused-ring (bicyclic) bond motifs is 1. The molecule has 28 heavy (non-hydrogen) atoms. The standard InChI is InChI=1S/C20H22N2O4S2/c1-13(23)22-10-8-15-16(12-22)28-19(18(15)20(25)26-2)21-17(24)9-11-27-14-6-4-3-5-7-14/h3-7H,8-12H2,1-2H3,(H,21,24). The molecule has 8 heteroatoms. The molecule has 0 saturated heterocycles. The van der Waals surface area contributed by atoms with E-state index in [0.29, 0.717) is 42.2 Å². The predicted octanol–water partition coefficient (Wildman–Crippen LogP) is 3.56. The number of hydrogen-bond donors (Lipinski definition) is 1. The lowest BCUT2D eigenvalue weighted by Crippen LogP contribution is -2.33. The minimum Gasteiger partial charge on any atom is -0.465 e. The summed E-state index contributed by atoms with van der Waals surface area (Å²) in [4.78, 5) is 40.2. The van der Waals surface area contributed by atoms with E-state index in [1.54, 1.807) is 16.7 Å². The van der Waals surface area contributed by atoms with Gasteiger partial charge >= 0.3 is 5.97 Å². The number of anilines is 1. The summed E-state index contributed by atoms with van der Waals surface area (Å²) in [6.45, 7) is 2.55. The van der Waals surface area contributed by atoms with Crippen LogP contribution in [0.3, 0.4) is 0 Å². The normalized spacial score (nSPS) is 13.0. The maximum absolute atomic E-state index is 12.4. The average Bonchev–Trinajstić information content (AvgIpc) is 3.05. The Hall–Kier alpha value is -2.32. The van der Waals surface area contributed by atoms with Crippen molar-refractivity contribution in [1.82, 2.24) is 4.90 Å². The minimum absolute atomic E-state index is 0.00203. The molecule has 148 valence electrons. The molecule has 0 bridgehead atoms. The zero-order valence-electron chi connectivity index (χ0n) is 15.8. The molecule has 0 spiro atoms. The van der Waals surface area contributed by atoms with Crippen molar-refractivity contribution in [3.63, 3.8) is 0 Å². The molecule has 1 aliphatic heterocycles. The minimum atomic E-state index is -0.456. The number of carbonyl (C=O) groups is 3. The number of benzene rings is 1. The van der Waals surface area contributed by atoms with E-state index in [4.69, 9.17) is 4.74 Å². The molecule has 2 aromatic rings. The van der Waals surface area contributed by atoms with Crippen molar-refractivity contribution >= 4 is 45.9 Å². The summed E-state index contributed by atoms with van der Waals surface area (Å²) in [7, 11) is 1.33. The average molecular weight is 419 g/mol. The van der Waals surface area contributed by atoms with Crippen molar-refractivity contribution in [3.05, 3.63) is 46.3 Å². The Morgan fingerprint density at radius 2 is 2.00 bits per heavy atom. The Balaban J connectivity index is 1.69. The summed E-state index contributed by atoms with van der Waals surface area (Å²) in [5.41, 5.74) is 1.30. The first kappa shape index (κ1) is 20.4. The van der Waals surface area contributed by atoms with E-state index in [1.165, 1.54) is 25.4 Å². The second-order valence-electron chi connectivity index (χ2n) is 6.35. The lowest BCUT2D eigenvalue weighted by molar-refractivity contribution is -0.129. The number of rotatable bonds is 6. The molecule has 2 heterocycles. The van der Waals surface area contributed by atoms with Gasteiger partial charge in [-0.05, 0) is 24.1 Å². The number of ether oxygens (including phenoxy) is 1. The van der Waals surface area contributed by atoms with E-state index in [2.05, 4.69) is 5.32 Å². The smallest absolute Gasteiger partial charge is 0.341 e. The van der Waals surface area contributed by atoms with Gasteiger partial charge in [0.1, 0.15) is 5.00 Å². The number of nitrogens with one attached hydrogen (secondary N) is 1. The number of nitrogens with zero attached hydrogens (tertiary/aromatic N) is 1. The molecule has 3 rings (SSSR count). The lowest BCUT2D eigenvalue weighted by Gasteiger charge is -2.25. The summed E-state index contributed by atoms with van der Waals surface area (Å²) >= 11 is 2.96. The fourth-order valence-electron chi connectivity index (χ4n) is 3.05. The second-order valence-corrected chi connectivity index (χ2v) is 8.62. The zero-order chi connectivity index (χ0) is 20.1. The lowest BCUT2D eigenvalue weighted by atomic mass is 10.0. The third-order valence-electron chi connectivity index (χ3n) is 4.49. The van der Waals surface area contributed by atoms with E-state index in [-0.39, 0.29) is 11.8 Å². The molecule has 1 aromatic heterocycles. The molecular weight excluding hydrogens is 396 g/mol. The van der Waals surface area contributed by atoms with E-state index in [1.807, 2.05) is 30.3 Å². The van der Waals surface area contributed by atoms with Gasteiger partial charge < -0.3 is 15.0 Å². The van der Waals surface area contributed by atoms with Crippen molar-refractivity contribution in [3.8, 4) is 0 Å². The molecule has 0 atom stereocenters. The number of hydrogen-bond acceptors (Lipinski definition) is 6. The van der Waals surface area contributed by atoms with Gasteiger partial charge in [0.15, 0.2) is 0 Å². The molecule has 0 fully saturated rings. The summed E-state index contributed by atoms with van der Waals surface area (Å²) in [6, 6.07) is 9.89. The fourth-order valence-corrected chi connectivity index (χ4v) is 5.19. The largest absolute Gasteiger partial charge is 0.465 e. The van der Waals surface area contributed by atoms with Crippen molar-refractivity contribution < 1.29 is 19.1 Å². The van der Waals surface area contributed by atoms with Crippen molar-refractivity contribution in [2.75, 3.05) is 24.7 Å². The maximum atomic E-state index is 12.4. The SMILES string of the molecule is COC(=O)c1c(NC(=O)CCSc2ccccc2)sc2c1CCN(C(C)=O)C2. The topological polar surface area (TPSA) is 75.7 Å². The zero-order valence-corrected chi connectivity index (χ0v) is 17.5. The van der Waals surface area contributed by atoms with Crippen LogP contribution in [0.25, 0.3) is 0 Å². The van der Waals surface area contributed by atoms with Crippen molar-refractivity contribution in [2.45, 2.75) is 31.2 Å². The quantitative estimate of drug-likeness (QED) is 0.573. The van der Waals surface area contributed by atoms with Gasteiger partial charge in [-0.15, -0.1) is 23.1 Å². The van der Waals surface area contributed by atoms with Gasteiger partial charge in [0.25, 0.3) is 0 Å². The summed E-state index contributed by atoms with van der Waals surface area (Å²) in [5, 5.41) is 3.39. The number of esters is 1. The molecule has 0 aliphatic carbocycles. The van der Waals surface area contributed by atoms with Crippen LogP contribution in [-0.2, 0) is 27.3 Å². The Kier molecular flexibility index (Phi) is 6.74. The van der Waals surface area contributed by atoms with Crippen LogP contribution in [0.4, 0.5) is 5.00 Å². The van der Waals surface area contributed by atoms with Crippen LogP contribution in [0.15, 0.2) is 35.2 Å². The predicted molar refractivity (Wildman–Crippen MR) is 111 cm³/mol. The highest BCUT2D eigenvalue weighted by Crippen LogP contribution is 2.37. The second kappa shape index (κ2) is 9.25. The third-order valence-corrected chi connectivity index (χ3v) is 6.63. The Bertz CT molecular complexity index is 880. The van der Waals surface area contributed by atoms with Crippen molar-refractivity contribution in [2.24, 2.45) is 0 Å². The number of thiophene rings is 1. The van der Waals surface area contributed by atoms with Gasteiger partial charge in [-0.1, -0.05) is 18.2 Å². The summed E-state index contributed by atoms with van der Waals surface area (Å²) in [6.07, 6.45) is 0.915. The van der Waals surface area contributed by atoms with E-state index >= 15 is 0 Å². The monoisotopic (exact) mass is 418 g/mol. The number of amides is 2. The van der Waals surface area contributed by atoms with Gasteiger partial charge in [-0.3, -0.25) is 9.59 Å². The molecule has 1 aliphatic rings. The van der Waals surface area contributed by atoms with Crippen molar-refractivity contribution in [1.29, 1.82) is 0 Å². The first-order valence-electron chi connectivity index (χ1n) is 8.95. The van der Waals surface area contributed by atoms with Gasteiger partial charge in [0.05, 0.1) is 19.2 Å². The van der Waals surface area contributed by atoms with E-state index < -0.39 is 5.97 Å². The molecule has 6 nitrogen and oxygen atoms in total.